The number of benzene rings is 6. The molecule has 9 aromatic rings. The first-order valence-electron chi connectivity index (χ1n) is 16.7. The topological polar surface area (TPSA) is 51.6 Å². The standard InChI is InChI=1S/C46H30N4/c1-4-15-32(16-5-1)42-43(33-17-6-2-7-18-33)50-45(44(49-42)34-19-8-3-9-20-34)35-29-27-31(28-30-35)39-25-14-26-41(47-39)46-38-23-11-10-21-36(38)37-22-12-13-24-40(37)48-46/h1-30H. The summed E-state index contributed by atoms with van der Waals surface area (Å²) in [7, 11) is 0. The Kier molecular flexibility index (Phi) is 7.45. The van der Waals surface area contributed by atoms with Crippen molar-refractivity contribution in [3.05, 3.63) is 182 Å². The van der Waals surface area contributed by atoms with Gasteiger partial charge in [-0.05, 0) is 23.6 Å². The van der Waals surface area contributed by atoms with E-state index in [2.05, 4.69) is 115 Å². The average molecular weight is 639 g/mol. The van der Waals surface area contributed by atoms with Crippen molar-refractivity contribution in [3.8, 4) is 67.7 Å². The second kappa shape index (κ2) is 12.7. The molecule has 0 radical (unpaired) electrons. The summed E-state index contributed by atoms with van der Waals surface area (Å²) in [5.74, 6) is 0. The van der Waals surface area contributed by atoms with E-state index in [1.54, 1.807) is 0 Å². The predicted octanol–water partition coefficient (Wildman–Crippen LogP) is 11.6. The Morgan fingerprint density at radius 1 is 0.220 bits per heavy atom. The number of pyridine rings is 2. The van der Waals surface area contributed by atoms with Crippen LogP contribution in [-0.4, -0.2) is 19.9 Å². The molecule has 0 atom stereocenters. The third kappa shape index (κ3) is 5.39. The van der Waals surface area contributed by atoms with Gasteiger partial charge in [0.25, 0.3) is 0 Å². The Bertz CT molecular complexity index is 2620. The molecule has 3 aromatic heterocycles. The fourth-order valence-electron chi connectivity index (χ4n) is 6.65. The van der Waals surface area contributed by atoms with Gasteiger partial charge >= 0.3 is 0 Å². The summed E-state index contributed by atoms with van der Waals surface area (Å²) >= 11 is 0. The largest absolute Gasteiger partial charge is 0.246 e. The van der Waals surface area contributed by atoms with Gasteiger partial charge in [0.15, 0.2) is 0 Å². The van der Waals surface area contributed by atoms with Gasteiger partial charge in [0, 0.05) is 38.6 Å². The zero-order valence-corrected chi connectivity index (χ0v) is 27.1. The van der Waals surface area contributed by atoms with Crippen LogP contribution in [0.1, 0.15) is 0 Å². The van der Waals surface area contributed by atoms with Gasteiger partial charge in [0.05, 0.1) is 45.4 Å². The molecule has 0 aliphatic carbocycles. The van der Waals surface area contributed by atoms with Gasteiger partial charge in [0.1, 0.15) is 0 Å². The maximum Gasteiger partial charge on any atom is 0.0973 e. The van der Waals surface area contributed by atoms with Crippen molar-refractivity contribution >= 4 is 21.7 Å². The second-order valence-electron chi connectivity index (χ2n) is 12.2. The molecule has 50 heavy (non-hydrogen) atoms. The normalized spacial score (nSPS) is 11.2. The molecule has 0 aliphatic rings. The molecule has 0 spiro atoms. The molecule has 0 bridgehead atoms. The van der Waals surface area contributed by atoms with E-state index in [0.29, 0.717) is 0 Å². The first-order valence-corrected chi connectivity index (χ1v) is 16.7. The molecule has 3 heterocycles. The molecule has 9 rings (SSSR count). The van der Waals surface area contributed by atoms with Crippen LogP contribution in [0, 0.1) is 0 Å². The minimum absolute atomic E-state index is 0.829. The third-order valence-corrected chi connectivity index (χ3v) is 9.09. The van der Waals surface area contributed by atoms with Crippen molar-refractivity contribution in [1.29, 1.82) is 0 Å². The van der Waals surface area contributed by atoms with E-state index in [0.717, 1.165) is 84.0 Å². The van der Waals surface area contributed by atoms with E-state index in [4.69, 9.17) is 19.9 Å². The number of fused-ring (bicyclic) bond motifs is 3. The highest BCUT2D eigenvalue weighted by Gasteiger charge is 2.20. The van der Waals surface area contributed by atoms with Crippen LogP contribution in [0.25, 0.3) is 89.4 Å². The van der Waals surface area contributed by atoms with Crippen LogP contribution in [0.15, 0.2) is 182 Å². The number of rotatable bonds is 6. The predicted molar refractivity (Wildman–Crippen MR) is 205 cm³/mol. The first kappa shape index (κ1) is 29.4. The summed E-state index contributed by atoms with van der Waals surface area (Å²) in [5, 5.41) is 3.41. The molecule has 4 heteroatoms. The van der Waals surface area contributed by atoms with Gasteiger partial charge in [0.2, 0.25) is 0 Å². The van der Waals surface area contributed by atoms with Gasteiger partial charge in [-0.2, -0.15) is 0 Å². The van der Waals surface area contributed by atoms with Gasteiger partial charge in [-0.15, -0.1) is 0 Å². The lowest BCUT2D eigenvalue weighted by atomic mass is 9.98. The van der Waals surface area contributed by atoms with Crippen LogP contribution in [0.5, 0.6) is 0 Å². The first-order chi connectivity index (χ1) is 24.8. The zero-order valence-electron chi connectivity index (χ0n) is 27.1. The summed E-state index contributed by atoms with van der Waals surface area (Å²) < 4.78 is 0. The van der Waals surface area contributed by atoms with E-state index < -0.39 is 0 Å². The molecule has 4 nitrogen and oxygen atoms in total. The Labute approximate surface area is 290 Å². The SMILES string of the molecule is c1ccc(-c2nc(-c3ccccc3)c(-c3ccc(-c4cccc(-c5nc6ccccc6c6ccccc56)n4)cc3)nc2-c2ccccc2)cc1. The van der Waals surface area contributed by atoms with Gasteiger partial charge in [-0.25, -0.2) is 19.9 Å². The average Bonchev–Trinajstić information content (AvgIpc) is 3.21. The summed E-state index contributed by atoms with van der Waals surface area (Å²) in [4.78, 5) is 21.0. The third-order valence-electron chi connectivity index (χ3n) is 9.09. The van der Waals surface area contributed by atoms with Crippen molar-refractivity contribution in [1.82, 2.24) is 19.9 Å². The lowest BCUT2D eigenvalue weighted by molar-refractivity contribution is 1.21. The van der Waals surface area contributed by atoms with Crippen LogP contribution in [0.4, 0.5) is 0 Å². The summed E-state index contributed by atoms with van der Waals surface area (Å²) in [6, 6.07) is 62.3. The Morgan fingerprint density at radius 3 is 1.20 bits per heavy atom. The fraction of sp³-hybridized carbons (Fsp3) is 0. The highest BCUT2D eigenvalue weighted by molar-refractivity contribution is 6.10. The molecular weight excluding hydrogens is 609 g/mol. The van der Waals surface area contributed by atoms with Crippen molar-refractivity contribution in [3.63, 3.8) is 0 Å². The van der Waals surface area contributed by atoms with E-state index >= 15 is 0 Å². The number of para-hydroxylation sites is 1. The maximum absolute atomic E-state index is 5.39. The highest BCUT2D eigenvalue weighted by Crippen LogP contribution is 2.38. The molecule has 0 N–H and O–H groups in total. The second-order valence-corrected chi connectivity index (χ2v) is 12.2. The summed E-state index contributed by atoms with van der Waals surface area (Å²) in [6.07, 6.45) is 0. The molecule has 0 aliphatic heterocycles. The lowest BCUT2D eigenvalue weighted by Gasteiger charge is -2.16. The zero-order chi connectivity index (χ0) is 33.3. The van der Waals surface area contributed by atoms with E-state index in [-0.39, 0.29) is 0 Å². The molecule has 234 valence electrons. The van der Waals surface area contributed by atoms with Gasteiger partial charge < -0.3 is 0 Å². The number of hydrogen-bond donors (Lipinski definition) is 0. The molecule has 0 fully saturated rings. The molecular formula is C46H30N4. The van der Waals surface area contributed by atoms with Crippen molar-refractivity contribution in [2.75, 3.05) is 0 Å². The maximum atomic E-state index is 5.39. The van der Waals surface area contributed by atoms with Gasteiger partial charge in [-0.1, -0.05) is 164 Å². The highest BCUT2D eigenvalue weighted by atomic mass is 14.9. The van der Waals surface area contributed by atoms with Crippen LogP contribution in [-0.2, 0) is 0 Å². The van der Waals surface area contributed by atoms with E-state index in [1.807, 2.05) is 66.7 Å². The summed E-state index contributed by atoms with van der Waals surface area (Å²) in [5.41, 5.74) is 12.0. The van der Waals surface area contributed by atoms with Crippen molar-refractivity contribution in [2.45, 2.75) is 0 Å². The Balaban J connectivity index is 1.16. The monoisotopic (exact) mass is 638 g/mol. The van der Waals surface area contributed by atoms with Crippen LogP contribution in [0.2, 0.25) is 0 Å². The quantitative estimate of drug-likeness (QED) is 0.170. The van der Waals surface area contributed by atoms with Crippen LogP contribution in [0.3, 0.4) is 0 Å². The Morgan fingerprint density at radius 2 is 0.640 bits per heavy atom. The summed E-state index contributed by atoms with van der Waals surface area (Å²) in [6.45, 7) is 0. The molecule has 0 amide bonds. The lowest BCUT2D eigenvalue weighted by Crippen LogP contribution is -2.00. The van der Waals surface area contributed by atoms with Crippen molar-refractivity contribution < 1.29 is 0 Å². The Hall–Kier alpha value is -6.78. The molecule has 0 saturated heterocycles. The van der Waals surface area contributed by atoms with Crippen molar-refractivity contribution in [2.24, 2.45) is 0 Å². The molecule has 0 unspecified atom stereocenters. The van der Waals surface area contributed by atoms with E-state index in [9.17, 15) is 0 Å². The minimum atomic E-state index is 0.829. The van der Waals surface area contributed by atoms with E-state index in [1.165, 1.54) is 5.39 Å². The van der Waals surface area contributed by atoms with Crippen LogP contribution < -0.4 is 0 Å². The fourth-order valence-corrected chi connectivity index (χ4v) is 6.65. The van der Waals surface area contributed by atoms with Crippen LogP contribution >= 0.6 is 0 Å². The van der Waals surface area contributed by atoms with Gasteiger partial charge in [-0.3, -0.25) is 0 Å². The number of hydrogen-bond acceptors (Lipinski definition) is 4. The molecule has 6 aromatic carbocycles. The number of nitrogens with zero attached hydrogens (tertiary/aromatic N) is 4. The molecule has 0 saturated carbocycles. The minimum Gasteiger partial charge on any atom is -0.246 e. The smallest absolute Gasteiger partial charge is 0.0973 e. The number of aromatic nitrogens is 4.